The van der Waals surface area contributed by atoms with E-state index in [0.29, 0.717) is 23.7 Å². The number of fused-ring (bicyclic) bond motifs is 1. The van der Waals surface area contributed by atoms with E-state index in [0.717, 1.165) is 0 Å². The smallest absolute Gasteiger partial charge is 0.410 e. The van der Waals surface area contributed by atoms with Crippen LogP contribution >= 0.6 is 11.6 Å². The van der Waals surface area contributed by atoms with Crippen LogP contribution in [-0.2, 0) is 17.8 Å². The van der Waals surface area contributed by atoms with E-state index in [1.54, 1.807) is 23.7 Å². The highest BCUT2D eigenvalue weighted by atomic mass is 35.5. The second-order valence-electron chi connectivity index (χ2n) is 7.28. The normalized spacial score (nSPS) is 18.0. The van der Waals surface area contributed by atoms with Crippen molar-refractivity contribution in [2.45, 2.75) is 58.8 Å². The van der Waals surface area contributed by atoms with Crippen molar-refractivity contribution in [2.24, 2.45) is 0 Å². The van der Waals surface area contributed by atoms with Gasteiger partial charge in [-0.3, -0.25) is 14.4 Å². The first-order valence-electron chi connectivity index (χ1n) is 7.97. The van der Waals surface area contributed by atoms with Crippen molar-refractivity contribution in [1.82, 2.24) is 19.6 Å². The molecule has 0 spiro atoms. The largest absolute Gasteiger partial charge is 0.444 e. The Bertz CT molecular complexity index is 648. The lowest BCUT2D eigenvalue weighted by atomic mass is 10.2. The molecule has 1 aromatic rings. The van der Waals surface area contributed by atoms with Crippen LogP contribution in [0, 0.1) is 0 Å². The molecule has 0 saturated carbocycles. The molecular formula is C16H25ClN4O3. The minimum Gasteiger partial charge on any atom is -0.444 e. The molecule has 0 aromatic carbocycles. The quantitative estimate of drug-likeness (QED) is 0.776. The second kappa shape index (κ2) is 6.63. The van der Waals surface area contributed by atoms with Crippen molar-refractivity contribution in [1.29, 1.82) is 0 Å². The van der Waals surface area contributed by atoms with Gasteiger partial charge in [-0.05, 0) is 34.1 Å². The summed E-state index contributed by atoms with van der Waals surface area (Å²) in [7, 11) is 3.30. The zero-order valence-electron chi connectivity index (χ0n) is 15.1. The van der Waals surface area contributed by atoms with Crippen LogP contribution in [0.5, 0.6) is 0 Å². The van der Waals surface area contributed by atoms with Crippen LogP contribution in [0.15, 0.2) is 0 Å². The number of halogens is 1. The molecule has 0 bridgehead atoms. The highest BCUT2D eigenvalue weighted by Gasteiger charge is 2.32. The summed E-state index contributed by atoms with van der Waals surface area (Å²) in [4.78, 5) is 27.8. The maximum absolute atomic E-state index is 12.5. The summed E-state index contributed by atoms with van der Waals surface area (Å²) in [5.41, 5.74) is 0.312. The molecule has 1 aliphatic rings. The van der Waals surface area contributed by atoms with Crippen molar-refractivity contribution >= 4 is 23.6 Å². The molecule has 0 N–H and O–H groups in total. The molecule has 1 aromatic heterocycles. The maximum atomic E-state index is 12.5. The molecule has 1 unspecified atom stereocenters. The minimum absolute atomic E-state index is 0.00869. The number of nitrogens with zero attached hydrogens (tertiary/aromatic N) is 4. The molecule has 2 rings (SSSR count). The third-order valence-electron chi connectivity index (χ3n) is 3.84. The number of rotatable bonds is 1. The Kier molecular flexibility index (Phi) is 5.13. The number of carbonyl (C=O) groups excluding carboxylic acids is 2. The highest BCUT2D eigenvalue weighted by Crippen LogP contribution is 2.28. The van der Waals surface area contributed by atoms with Gasteiger partial charge in [-0.2, -0.15) is 5.10 Å². The van der Waals surface area contributed by atoms with Gasteiger partial charge in [0.1, 0.15) is 5.60 Å². The van der Waals surface area contributed by atoms with Crippen LogP contribution in [0.4, 0.5) is 4.79 Å². The summed E-state index contributed by atoms with van der Waals surface area (Å²) in [5, 5.41) is 4.65. The first-order chi connectivity index (χ1) is 11.0. The average Bonchev–Trinajstić information content (AvgIpc) is 2.64. The lowest BCUT2D eigenvalue weighted by Crippen LogP contribution is -2.41. The number of hydrogen-bond donors (Lipinski definition) is 0. The number of carbonyl (C=O) groups is 2. The van der Waals surface area contributed by atoms with Crippen molar-refractivity contribution in [3.63, 3.8) is 0 Å². The van der Waals surface area contributed by atoms with Gasteiger partial charge in [0.05, 0.1) is 17.3 Å². The summed E-state index contributed by atoms with van der Waals surface area (Å²) >= 11 is 6.39. The Balaban J connectivity index is 2.33. The predicted molar refractivity (Wildman–Crippen MR) is 91.1 cm³/mol. The fourth-order valence-corrected chi connectivity index (χ4v) is 2.78. The predicted octanol–water partition coefficient (Wildman–Crippen LogP) is 2.77. The van der Waals surface area contributed by atoms with Gasteiger partial charge in [0.2, 0.25) is 0 Å². The third kappa shape index (κ3) is 3.83. The van der Waals surface area contributed by atoms with E-state index in [1.807, 2.05) is 27.7 Å². The Morgan fingerprint density at radius 3 is 2.50 bits per heavy atom. The molecule has 0 radical (unpaired) electrons. The number of aryl methyl sites for hydroxylation is 1. The first kappa shape index (κ1) is 18.6. The van der Waals surface area contributed by atoms with Crippen LogP contribution in [-0.4, -0.2) is 57.3 Å². The van der Waals surface area contributed by atoms with Gasteiger partial charge in [-0.15, -0.1) is 0 Å². The van der Waals surface area contributed by atoms with Crippen molar-refractivity contribution < 1.29 is 14.3 Å². The minimum atomic E-state index is -0.570. The fourth-order valence-electron chi connectivity index (χ4n) is 2.51. The third-order valence-corrected chi connectivity index (χ3v) is 4.24. The molecule has 134 valence electrons. The van der Waals surface area contributed by atoms with E-state index in [-0.39, 0.29) is 30.3 Å². The van der Waals surface area contributed by atoms with Crippen molar-refractivity contribution in [3.05, 3.63) is 16.4 Å². The Morgan fingerprint density at radius 1 is 1.33 bits per heavy atom. The fraction of sp³-hybridized carbons (Fsp3) is 0.688. The van der Waals surface area contributed by atoms with E-state index in [1.165, 1.54) is 4.90 Å². The molecule has 0 saturated heterocycles. The summed E-state index contributed by atoms with van der Waals surface area (Å²) in [6, 6.07) is -0.00869. The van der Waals surface area contributed by atoms with Gasteiger partial charge in [-0.1, -0.05) is 11.6 Å². The molecule has 24 heavy (non-hydrogen) atoms. The molecule has 8 heteroatoms. The standard InChI is InChI=1S/C16H25ClN4O3/c1-10-7-8-21-11(9-20(10)15(23)24-16(2,3)4)12(17)13(18-21)14(22)19(5)6/h10H,7-9H2,1-6H3. The summed E-state index contributed by atoms with van der Waals surface area (Å²) in [5.74, 6) is -0.252. The number of hydrogen-bond acceptors (Lipinski definition) is 4. The van der Waals surface area contributed by atoms with Gasteiger partial charge in [0.25, 0.3) is 5.91 Å². The van der Waals surface area contributed by atoms with Crippen LogP contribution < -0.4 is 0 Å². The molecular weight excluding hydrogens is 332 g/mol. The van der Waals surface area contributed by atoms with E-state index in [4.69, 9.17) is 16.3 Å². The molecule has 1 atom stereocenters. The topological polar surface area (TPSA) is 67.7 Å². The average molecular weight is 357 g/mol. The van der Waals surface area contributed by atoms with E-state index in [9.17, 15) is 9.59 Å². The molecule has 0 fully saturated rings. The maximum Gasteiger partial charge on any atom is 0.410 e. The summed E-state index contributed by atoms with van der Waals surface area (Å²) in [6.45, 7) is 8.32. The van der Waals surface area contributed by atoms with Gasteiger partial charge >= 0.3 is 6.09 Å². The number of amides is 2. The highest BCUT2D eigenvalue weighted by molar-refractivity contribution is 6.34. The molecule has 0 aliphatic carbocycles. The molecule has 7 nitrogen and oxygen atoms in total. The van der Waals surface area contributed by atoms with Crippen molar-refractivity contribution in [2.75, 3.05) is 14.1 Å². The SMILES string of the molecule is CC1CCn2nc(C(=O)N(C)C)c(Cl)c2CN1C(=O)OC(C)(C)C. The lowest BCUT2D eigenvalue weighted by Gasteiger charge is -2.30. The molecule has 1 aliphatic heterocycles. The zero-order chi connectivity index (χ0) is 18.2. The van der Waals surface area contributed by atoms with Gasteiger partial charge in [0, 0.05) is 26.7 Å². The van der Waals surface area contributed by atoms with Gasteiger partial charge < -0.3 is 9.64 Å². The molecule has 2 amide bonds. The number of aromatic nitrogens is 2. The van der Waals surface area contributed by atoms with Crippen LogP contribution in [0.3, 0.4) is 0 Å². The van der Waals surface area contributed by atoms with Crippen LogP contribution in [0.25, 0.3) is 0 Å². The van der Waals surface area contributed by atoms with E-state index >= 15 is 0 Å². The van der Waals surface area contributed by atoms with Gasteiger partial charge in [0.15, 0.2) is 5.69 Å². The van der Waals surface area contributed by atoms with Crippen molar-refractivity contribution in [3.8, 4) is 0 Å². The van der Waals surface area contributed by atoms with E-state index in [2.05, 4.69) is 5.10 Å². The van der Waals surface area contributed by atoms with E-state index < -0.39 is 5.60 Å². The second-order valence-corrected chi connectivity index (χ2v) is 7.66. The summed E-state index contributed by atoms with van der Waals surface area (Å²) < 4.78 is 7.21. The Morgan fingerprint density at radius 2 is 1.96 bits per heavy atom. The lowest BCUT2D eigenvalue weighted by molar-refractivity contribution is 0.0156. The Labute approximate surface area is 147 Å². The Hall–Kier alpha value is -1.76. The van der Waals surface area contributed by atoms with Crippen LogP contribution in [0.2, 0.25) is 5.02 Å². The molecule has 2 heterocycles. The zero-order valence-corrected chi connectivity index (χ0v) is 15.8. The first-order valence-corrected chi connectivity index (χ1v) is 8.35. The monoisotopic (exact) mass is 356 g/mol. The van der Waals surface area contributed by atoms with Gasteiger partial charge in [-0.25, -0.2) is 4.79 Å². The van der Waals surface area contributed by atoms with Crippen LogP contribution in [0.1, 0.15) is 50.3 Å². The summed E-state index contributed by atoms with van der Waals surface area (Å²) in [6.07, 6.45) is 0.320. The number of ether oxygens (including phenoxy) is 1.